The van der Waals surface area contributed by atoms with Gasteiger partial charge in [0.05, 0.1) is 13.2 Å². The number of morpholine rings is 1. The van der Waals surface area contributed by atoms with Crippen molar-refractivity contribution in [3.63, 3.8) is 0 Å². The zero-order valence-electron chi connectivity index (χ0n) is 11.5. The molecule has 2 N–H and O–H groups in total. The van der Waals surface area contributed by atoms with Gasteiger partial charge in [0.25, 0.3) is 5.91 Å². The predicted molar refractivity (Wildman–Crippen MR) is 79.6 cm³/mol. The van der Waals surface area contributed by atoms with Gasteiger partial charge in [-0.1, -0.05) is 15.9 Å². The lowest BCUT2D eigenvalue weighted by atomic mass is 10.1. The van der Waals surface area contributed by atoms with E-state index in [1.54, 1.807) is 4.90 Å². The normalized spacial score (nSPS) is 16.9. The predicted octanol–water partition coefficient (Wildman–Crippen LogP) is 1.71. The number of nitrogens with zero attached hydrogens (tertiary/aromatic N) is 1. The van der Waals surface area contributed by atoms with Crippen LogP contribution in [0.15, 0.2) is 22.7 Å². The molecular weight excluding hydrogens is 324 g/mol. The van der Waals surface area contributed by atoms with Crippen molar-refractivity contribution in [1.29, 1.82) is 0 Å². The lowest BCUT2D eigenvalue weighted by Crippen LogP contribution is -2.43. The van der Waals surface area contributed by atoms with Crippen molar-refractivity contribution in [2.75, 3.05) is 32.9 Å². The smallest absolute Gasteiger partial charge is 0.260 e. The van der Waals surface area contributed by atoms with Crippen molar-refractivity contribution in [3.05, 3.63) is 28.2 Å². The van der Waals surface area contributed by atoms with Gasteiger partial charge in [0, 0.05) is 29.2 Å². The molecule has 1 aromatic rings. The summed E-state index contributed by atoms with van der Waals surface area (Å²) in [7, 11) is 0. The molecule has 20 heavy (non-hydrogen) atoms. The van der Waals surface area contributed by atoms with E-state index >= 15 is 0 Å². The third kappa shape index (κ3) is 3.94. The van der Waals surface area contributed by atoms with Gasteiger partial charge >= 0.3 is 0 Å². The fourth-order valence-electron chi connectivity index (χ4n) is 2.05. The van der Waals surface area contributed by atoms with E-state index in [9.17, 15) is 4.79 Å². The van der Waals surface area contributed by atoms with Gasteiger partial charge in [0.2, 0.25) is 0 Å². The van der Waals surface area contributed by atoms with Crippen molar-refractivity contribution in [2.45, 2.75) is 13.0 Å². The fourth-order valence-corrected chi connectivity index (χ4v) is 2.43. The van der Waals surface area contributed by atoms with Gasteiger partial charge in [0.1, 0.15) is 5.75 Å². The molecule has 1 aromatic carbocycles. The molecule has 6 heteroatoms. The van der Waals surface area contributed by atoms with E-state index in [-0.39, 0.29) is 18.6 Å². The van der Waals surface area contributed by atoms with Crippen molar-refractivity contribution in [2.24, 2.45) is 5.73 Å². The first kappa shape index (κ1) is 15.3. The number of ether oxygens (including phenoxy) is 2. The Morgan fingerprint density at radius 1 is 1.50 bits per heavy atom. The molecule has 1 fully saturated rings. The molecule has 0 aromatic heterocycles. The molecule has 1 heterocycles. The molecule has 0 aliphatic carbocycles. The number of halogens is 1. The highest BCUT2D eigenvalue weighted by atomic mass is 79.9. The van der Waals surface area contributed by atoms with Crippen LogP contribution in [0.3, 0.4) is 0 Å². The van der Waals surface area contributed by atoms with E-state index in [0.717, 1.165) is 10.0 Å². The Bertz CT molecular complexity index is 473. The summed E-state index contributed by atoms with van der Waals surface area (Å²) in [5.74, 6) is 0.636. The number of carbonyl (C=O) groups excluding carboxylic acids is 1. The quantitative estimate of drug-likeness (QED) is 0.904. The molecule has 1 amide bonds. The Labute approximate surface area is 127 Å². The maximum atomic E-state index is 12.0. The maximum absolute atomic E-state index is 12.0. The minimum Gasteiger partial charge on any atom is -0.483 e. The van der Waals surface area contributed by atoms with Gasteiger partial charge in [-0.2, -0.15) is 0 Å². The molecule has 110 valence electrons. The Morgan fingerprint density at radius 2 is 2.20 bits per heavy atom. The number of hydrogen-bond acceptors (Lipinski definition) is 4. The molecule has 1 saturated heterocycles. The monoisotopic (exact) mass is 342 g/mol. The molecule has 1 atom stereocenters. The molecule has 1 aliphatic rings. The number of carbonyl (C=O) groups is 1. The molecule has 1 aliphatic heterocycles. The summed E-state index contributed by atoms with van der Waals surface area (Å²) < 4.78 is 11.8. The molecule has 0 unspecified atom stereocenters. The van der Waals surface area contributed by atoms with E-state index in [4.69, 9.17) is 15.2 Å². The first-order chi connectivity index (χ1) is 9.58. The van der Waals surface area contributed by atoms with Crippen LogP contribution in [0.4, 0.5) is 0 Å². The number of rotatable bonds is 4. The summed E-state index contributed by atoms with van der Waals surface area (Å²) in [6.45, 7) is 4.36. The molecule has 0 spiro atoms. The molecule has 2 rings (SSSR count). The van der Waals surface area contributed by atoms with Gasteiger partial charge in [-0.3, -0.25) is 4.79 Å². The van der Waals surface area contributed by atoms with E-state index in [1.165, 1.54) is 0 Å². The van der Waals surface area contributed by atoms with Gasteiger partial charge in [-0.25, -0.2) is 0 Å². The first-order valence-electron chi connectivity index (χ1n) is 6.61. The molecule has 0 saturated carbocycles. The van der Waals surface area contributed by atoms with Gasteiger partial charge < -0.3 is 20.1 Å². The Balaban J connectivity index is 1.98. The lowest BCUT2D eigenvalue weighted by molar-refractivity contribution is -0.137. The fraction of sp³-hybridized carbons (Fsp3) is 0.500. The Hall–Kier alpha value is -1.11. The van der Waals surface area contributed by atoms with Crippen LogP contribution in [0, 0.1) is 0 Å². The van der Waals surface area contributed by atoms with Crippen LogP contribution in [0.2, 0.25) is 0 Å². The van der Waals surface area contributed by atoms with Crippen molar-refractivity contribution in [1.82, 2.24) is 4.90 Å². The van der Waals surface area contributed by atoms with Gasteiger partial charge in [-0.05, 0) is 25.1 Å². The summed E-state index contributed by atoms with van der Waals surface area (Å²) in [6, 6.07) is 5.47. The highest BCUT2D eigenvalue weighted by Crippen LogP contribution is 2.27. The van der Waals surface area contributed by atoms with Crippen LogP contribution in [0.5, 0.6) is 5.75 Å². The average Bonchev–Trinajstić information content (AvgIpc) is 2.46. The van der Waals surface area contributed by atoms with Crippen molar-refractivity contribution >= 4 is 21.8 Å². The second kappa shape index (κ2) is 7.06. The Morgan fingerprint density at radius 3 is 2.85 bits per heavy atom. The zero-order chi connectivity index (χ0) is 14.5. The number of amides is 1. The van der Waals surface area contributed by atoms with Gasteiger partial charge in [0.15, 0.2) is 6.61 Å². The van der Waals surface area contributed by atoms with E-state index < -0.39 is 0 Å². The van der Waals surface area contributed by atoms with E-state index in [1.807, 2.05) is 25.1 Å². The molecule has 5 nitrogen and oxygen atoms in total. The van der Waals surface area contributed by atoms with Gasteiger partial charge in [-0.15, -0.1) is 0 Å². The van der Waals surface area contributed by atoms with E-state index in [0.29, 0.717) is 32.1 Å². The third-order valence-electron chi connectivity index (χ3n) is 3.18. The second-order valence-corrected chi connectivity index (χ2v) is 5.67. The maximum Gasteiger partial charge on any atom is 0.260 e. The largest absolute Gasteiger partial charge is 0.483 e. The van der Waals surface area contributed by atoms with Crippen molar-refractivity contribution in [3.8, 4) is 5.75 Å². The topological polar surface area (TPSA) is 64.8 Å². The van der Waals surface area contributed by atoms with Crippen molar-refractivity contribution < 1.29 is 14.3 Å². The zero-order valence-corrected chi connectivity index (χ0v) is 13.1. The highest BCUT2D eigenvalue weighted by Gasteiger charge is 2.18. The molecule has 0 radical (unpaired) electrons. The summed E-state index contributed by atoms with van der Waals surface area (Å²) in [4.78, 5) is 13.8. The number of hydrogen-bond donors (Lipinski definition) is 1. The number of nitrogens with two attached hydrogens (primary N) is 1. The van der Waals surface area contributed by atoms with E-state index in [2.05, 4.69) is 15.9 Å². The molecule has 0 bridgehead atoms. The minimum atomic E-state index is -0.152. The Kier molecular flexibility index (Phi) is 5.39. The van der Waals surface area contributed by atoms with Crippen LogP contribution < -0.4 is 10.5 Å². The first-order valence-corrected chi connectivity index (χ1v) is 7.40. The third-order valence-corrected chi connectivity index (χ3v) is 3.67. The van der Waals surface area contributed by atoms with Crippen LogP contribution in [-0.2, 0) is 9.53 Å². The van der Waals surface area contributed by atoms with Crippen LogP contribution in [0.1, 0.15) is 18.5 Å². The van der Waals surface area contributed by atoms with Crippen LogP contribution in [0.25, 0.3) is 0 Å². The summed E-state index contributed by atoms with van der Waals surface area (Å²) >= 11 is 3.41. The van der Waals surface area contributed by atoms with Crippen LogP contribution >= 0.6 is 15.9 Å². The average molecular weight is 343 g/mol. The molecular formula is C14H19BrN2O3. The summed E-state index contributed by atoms with van der Waals surface area (Å²) in [5.41, 5.74) is 6.80. The standard InChI is InChI=1S/C14H19BrN2O3/c1-10(16)12-8-11(15)2-3-13(12)20-9-14(18)17-4-6-19-7-5-17/h2-3,8,10H,4-7,9,16H2,1H3/t10-/m0/s1. The second-order valence-electron chi connectivity index (χ2n) is 4.75. The highest BCUT2D eigenvalue weighted by molar-refractivity contribution is 9.10. The SMILES string of the molecule is C[C@H](N)c1cc(Br)ccc1OCC(=O)N1CCOCC1. The summed E-state index contributed by atoms with van der Waals surface area (Å²) in [5, 5.41) is 0. The number of benzene rings is 1. The minimum absolute atomic E-state index is 0.0214. The van der Waals surface area contributed by atoms with Crippen LogP contribution in [-0.4, -0.2) is 43.7 Å². The summed E-state index contributed by atoms with van der Waals surface area (Å²) in [6.07, 6.45) is 0. The lowest BCUT2D eigenvalue weighted by Gasteiger charge is -2.27.